The first-order chi connectivity index (χ1) is 11.5. The second-order valence-electron chi connectivity index (χ2n) is 5.18. The summed E-state index contributed by atoms with van der Waals surface area (Å²) < 4.78 is 5.03. The highest BCUT2D eigenvalue weighted by atomic mass is 32.1. The van der Waals surface area contributed by atoms with E-state index in [1.807, 2.05) is 0 Å². The van der Waals surface area contributed by atoms with Gasteiger partial charge in [-0.05, 0) is 27.2 Å². The van der Waals surface area contributed by atoms with Crippen LogP contribution in [0.15, 0.2) is 0 Å². The molecule has 8 nitrogen and oxygen atoms in total. The van der Waals surface area contributed by atoms with Gasteiger partial charge in [-0.3, -0.25) is 10.6 Å². The molecule has 2 aromatic rings. The number of hydrogen-bond acceptors (Lipinski definition) is 6. The van der Waals surface area contributed by atoms with E-state index in [9.17, 15) is 9.59 Å². The van der Waals surface area contributed by atoms with E-state index in [0.717, 1.165) is 17.8 Å². The minimum atomic E-state index is -0.450. The summed E-state index contributed by atoms with van der Waals surface area (Å²) in [4.78, 5) is 27.0. The molecular weight excluding hydrogens is 330 g/mol. The molecule has 0 aromatic carbocycles. The lowest BCUT2D eigenvalue weighted by Crippen LogP contribution is -2.20. The van der Waals surface area contributed by atoms with Crippen LogP contribution < -0.4 is 10.6 Å². The van der Waals surface area contributed by atoms with Crippen molar-refractivity contribution in [3.63, 3.8) is 0 Å². The van der Waals surface area contributed by atoms with Crippen LogP contribution in [0.25, 0.3) is 0 Å². The van der Waals surface area contributed by atoms with Crippen LogP contribution >= 0.6 is 11.3 Å². The number of amides is 2. The number of carbonyl (C=O) groups excluding carboxylic acids is 2. The predicted octanol–water partition coefficient (Wildman–Crippen LogP) is 3.26. The van der Waals surface area contributed by atoms with E-state index in [2.05, 4.69) is 32.7 Å². The summed E-state index contributed by atoms with van der Waals surface area (Å²) in [5, 5.41) is 14.6. The summed E-state index contributed by atoms with van der Waals surface area (Å²) in [7, 11) is 0. The molecular formula is C15H21N5O3S. The molecule has 9 heteroatoms. The maximum absolute atomic E-state index is 12.1. The second-order valence-corrected chi connectivity index (χ2v) is 6.24. The topological polar surface area (TPSA) is 109 Å². The number of H-pyrrole nitrogens is 1. The number of rotatable bonds is 6. The van der Waals surface area contributed by atoms with E-state index in [4.69, 9.17) is 4.74 Å². The van der Waals surface area contributed by atoms with Gasteiger partial charge in [-0.25, -0.2) is 9.59 Å². The van der Waals surface area contributed by atoms with Gasteiger partial charge in [-0.1, -0.05) is 18.3 Å². The lowest BCUT2D eigenvalue weighted by molar-refractivity contribution is 0.0525. The lowest BCUT2D eigenvalue weighted by Gasteiger charge is -2.05. The van der Waals surface area contributed by atoms with Gasteiger partial charge in [0.1, 0.15) is 10.8 Å². The summed E-state index contributed by atoms with van der Waals surface area (Å²) >= 11 is 1.34. The average molecular weight is 351 g/mol. The molecule has 0 bridgehead atoms. The molecule has 130 valence electrons. The van der Waals surface area contributed by atoms with Gasteiger partial charge in [0.05, 0.1) is 12.2 Å². The van der Waals surface area contributed by atoms with E-state index < -0.39 is 12.0 Å². The third-order valence-electron chi connectivity index (χ3n) is 3.31. The SMILES string of the molecule is CCCc1nnc(NC(=O)Nc2[nH]c(C)c(C(=O)OCC)c2C)s1. The predicted molar refractivity (Wildman–Crippen MR) is 92.8 cm³/mol. The number of aryl methyl sites for hydroxylation is 2. The number of anilines is 2. The molecule has 0 fully saturated rings. The third-order valence-corrected chi connectivity index (χ3v) is 4.21. The molecule has 24 heavy (non-hydrogen) atoms. The van der Waals surface area contributed by atoms with Crippen molar-refractivity contribution in [2.45, 2.75) is 40.5 Å². The van der Waals surface area contributed by atoms with Crippen molar-refractivity contribution in [1.82, 2.24) is 15.2 Å². The molecule has 2 amide bonds. The van der Waals surface area contributed by atoms with Crippen molar-refractivity contribution >= 4 is 34.3 Å². The molecule has 0 spiro atoms. The van der Waals surface area contributed by atoms with Crippen LogP contribution in [0.2, 0.25) is 0 Å². The van der Waals surface area contributed by atoms with Crippen molar-refractivity contribution in [3.8, 4) is 0 Å². The van der Waals surface area contributed by atoms with Gasteiger partial charge in [-0.15, -0.1) is 10.2 Å². The van der Waals surface area contributed by atoms with Gasteiger partial charge in [0, 0.05) is 17.7 Å². The number of urea groups is 1. The molecule has 0 saturated carbocycles. The maximum Gasteiger partial charge on any atom is 0.340 e. The molecule has 2 heterocycles. The van der Waals surface area contributed by atoms with Gasteiger partial charge in [0.25, 0.3) is 0 Å². The first-order valence-electron chi connectivity index (χ1n) is 7.72. The van der Waals surface area contributed by atoms with Crippen LogP contribution in [0.3, 0.4) is 0 Å². The molecule has 3 N–H and O–H groups in total. The Labute approximate surface area is 144 Å². The van der Waals surface area contributed by atoms with E-state index >= 15 is 0 Å². The van der Waals surface area contributed by atoms with Crippen molar-refractivity contribution in [2.75, 3.05) is 17.2 Å². The highest BCUT2D eigenvalue weighted by Crippen LogP contribution is 2.23. The molecule has 0 aliphatic heterocycles. The van der Waals surface area contributed by atoms with Crippen molar-refractivity contribution in [2.24, 2.45) is 0 Å². The van der Waals surface area contributed by atoms with Gasteiger partial charge < -0.3 is 9.72 Å². The van der Waals surface area contributed by atoms with E-state index in [1.165, 1.54) is 11.3 Å². The average Bonchev–Trinajstić information content (AvgIpc) is 3.04. The van der Waals surface area contributed by atoms with E-state index in [1.54, 1.807) is 20.8 Å². The molecule has 2 aromatic heterocycles. The molecule has 2 rings (SSSR count). The first-order valence-corrected chi connectivity index (χ1v) is 8.54. The van der Waals surface area contributed by atoms with Crippen molar-refractivity contribution in [3.05, 3.63) is 21.8 Å². The zero-order chi connectivity index (χ0) is 17.7. The molecule has 0 unspecified atom stereocenters. The highest BCUT2D eigenvalue weighted by molar-refractivity contribution is 7.15. The van der Waals surface area contributed by atoms with Crippen LogP contribution in [-0.4, -0.2) is 33.8 Å². The Balaban J connectivity index is 2.06. The molecule has 0 aliphatic carbocycles. The Morgan fingerprint density at radius 2 is 1.96 bits per heavy atom. The molecule has 0 saturated heterocycles. The minimum Gasteiger partial charge on any atom is -0.462 e. The number of ether oxygens (including phenoxy) is 1. The summed E-state index contributed by atoms with van der Waals surface area (Å²) in [6, 6.07) is -0.450. The van der Waals surface area contributed by atoms with Crippen LogP contribution in [0.1, 0.15) is 46.9 Å². The number of hydrogen-bond donors (Lipinski definition) is 3. The molecule has 0 radical (unpaired) electrons. The monoisotopic (exact) mass is 351 g/mol. The fourth-order valence-corrected chi connectivity index (χ4v) is 3.08. The zero-order valence-electron chi connectivity index (χ0n) is 14.1. The van der Waals surface area contributed by atoms with Crippen LogP contribution in [0.4, 0.5) is 15.7 Å². The smallest absolute Gasteiger partial charge is 0.340 e. The Morgan fingerprint density at radius 3 is 2.62 bits per heavy atom. The third kappa shape index (κ3) is 4.10. The quantitative estimate of drug-likeness (QED) is 0.692. The number of aromatic amines is 1. The Bertz CT molecular complexity index is 738. The maximum atomic E-state index is 12.1. The van der Waals surface area contributed by atoms with Crippen molar-refractivity contribution in [1.29, 1.82) is 0 Å². The summed E-state index contributed by atoms with van der Waals surface area (Å²) in [5.74, 6) is 0.0388. The summed E-state index contributed by atoms with van der Waals surface area (Å²) in [5.41, 5.74) is 1.71. The molecule has 0 aliphatic rings. The van der Waals surface area contributed by atoms with Crippen LogP contribution in [0, 0.1) is 13.8 Å². The van der Waals surface area contributed by atoms with Crippen LogP contribution in [-0.2, 0) is 11.2 Å². The van der Waals surface area contributed by atoms with Gasteiger partial charge >= 0.3 is 12.0 Å². The molecule has 0 atom stereocenters. The normalized spacial score (nSPS) is 10.5. The standard InChI is InChI=1S/C15H21N5O3S/c1-5-7-10-19-20-15(24-10)18-14(22)17-12-8(3)11(9(4)16-12)13(21)23-6-2/h16H,5-7H2,1-4H3,(H2,17,18,20,22). The second kappa shape index (κ2) is 7.91. The fraction of sp³-hybridized carbons (Fsp3) is 0.467. The Morgan fingerprint density at radius 1 is 1.21 bits per heavy atom. The van der Waals surface area contributed by atoms with Crippen molar-refractivity contribution < 1.29 is 14.3 Å². The van der Waals surface area contributed by atoms with E-state index in [-0.39, 0.29) is 0 Å². The number of esters is 1. The Hall–Kier alpha value is -2.42. The zero-order valence-corrected chi connectivity index (χ0v) is 15.0. The lowest BCUT2D eigenvalue weighted by atomic mass is 10.1. The number of aromatic nitrogens is 3. The van der Waals surface area contributed by atoms with Gasteiger partial charge in [0.15, 0.2) is 0 Å². The number of carbonyl (C=O) groups is 2. The van der Waals surface area contributed by atoms with Crippen LogP contribution in [0.5, 0.6) is 0 Å². The Kier molecular flexibility index (Phi) is 5.91. The summed E-state index contributed by atoms with van der Waals surface area (Å²) in [6.07, 6.45) is 1.80. The van der Waals surface area contributed by atoms with Gasteiger partial charge in [-0.2, -0.15) is 0 Å². The largest absolute Gasteiger partial charge is 0.462 e. The minimum absolute atomic E-state index is 0.295. The first kappa shape index (κ1) is 17.9. The van der Waals surface area contributed by atoms with E-state index in [0.29, 0.717) is 34.4 Å². The summed E-state index contributed by atoms with van der Waals surface area (Å²) in [6.45, 7) is 7.60. The highest BCUT2D eigenvalue weighted by Gasteiger charge is 2.20. The number of nitrogens with one attached hydrogen (secondary N) is 3. The fourth-order valence-electron chi connectivity index (χ4n) is 2.25. The number of nitrogens with zero attached hydrogens (tertiary/aromatic N) is 2. The van der Waals surface area contributed by atoms with Gasteiger partial charge in [0.2, 0.25) is 5.13 Å².